The van der Waals surface area contributed by atoms with Crippen molar-refractivity contribution < 1.29 is 32.7 Å². The van der Waals surface area contributed by atoms with E-state index >= 15 is 4.39 Å². The lowest BCUT2D eigenvalue weighted by atomic mass is 10.0. The highest BCUT2D eigenvalue weighted by atomic mass is 19.1. The molecule has 3 aliphatic rings. The molecule has 3 aliphatic heterocycles. The van der Waals surface area contributed by atoms with Gasteiger partial charge < -0.3 is 50.3 Å². The normalized spacial score (nSPS) is 18.3. The molecule has 15 nitrogen and oxygen atoms in total. The third kappa shape index (κ3) is 9.31. The molecule has 7 rings (SSSR count). The number of hydrogen-bond acceptors (Lipinski definition) is 11. The predicted molar refractivity (Wildman–Crippen MR) is 245 cm³/mol. The Labute approximate surface area is 373 Å². The van der Waals surface area contributed by atoms with Gasteiger partial charge in [-0.05, 0) is 74.9 Å². The first kappa shape index (κ1) is 45.3. The van der Waals surface area contributed by atoms with Gasteiger partial charge in [-0.25, -0.2) is 14.2 Å². The quantitative estimate of drug-likeness (QED) is 0.0735. The summed E-state index contributed by atoms with van der Waals surface area (Å²) in [5, 5.41) is 16.9. The van der Waals surface area contributed by atoms with Crippen molar-refractivity contribution in [3.63, 3.8) is 0 Å². The van der Waals surface area contributed by atoms with Crippen molar-refractivity contribution in [1.82, 2.24) is 45.9 Å². The number of allylic oxidation sites excluding steroid dienone is 1. The number of fused-ring (bicyclic) bond motifs is 5. The number of benzene rings is 2. The maximum absolute atomic E-state index is 16.7. The Morgan fingerprint density at radius 1 is 1.16 bits per heavy atom. The van der Waals surface area contributed by atoms with Crippen LogP contribution in [0.15, 0.2) is 83.9 Å². The van der Waals surface area contributed by atoms with Crippen LogP contribution in [0.3, 0.4) is 0 Å². The predicted octanol–water partition coefficient (Wildman–Crippen LogP) is 7.09. The van der Waals surface area contributed by atoms with Crippen molar-refractivity contribution in [2.24, 2.45) is 5.92 Å². The summed E-state index contributed by atoms with van der Waals surface area (Å²) >= 11 is 0. The first-order valence-electron chi connectivity index (χ1n) is 22.0. The highest BCUT2D eigenvalue weighted by molar-refractivity contribution is 5.92. The van der Waals surface area contributed by atoms with Crippen LogP contribution < -0.4 is 31.3 Å². The van der Waals surface area contributed by atoms with Gasteiger partial charge in [-0.1, -0.05) is 53.0 Å². The SMILES string of the molecule is C=C(CN(CCC)C(=O)C(NC(=O)CC)C(C)C)N/C(=C\C)c1ccc2c(c1)cc1n2C(c2nc(C)co2)Oc2cc(C3=CNC(C4CCCN4C(=C)CNC(=O)OC)N3)cc(F)c2-1. The van der Waals surface area contributed by atoms with Crippen LogP contribution in [0, 0.1) is 18.7 Å². The number of carbonyl (C=O) groups excluding carboxylic acids is 3. The number of ether oxygens (including phenoxy) is 2. The zero-order valence-corrected chi connectivity index (χ0v) is 37.8. The monoisotopic (exact) mass is 877 g/mol. The largest absolute Gasteiger partial charge is 0.460 e. The van der Waals surface area contributed by atoms with E-state index in [1.165, 1.54) is 13.2 Å². The number of amides is 3. The summed E-state index contributed by atoms with van der Waals surface area (Å²) in [5.74, 6) is -0.195. The van der Waals surface area contributed by atoms with Gasteiger partial charge in [0.25, 0.3) is 12.1 Å². The second-order valence-electron chi connectivity index (χ2n) is 16.8. The zero-order valence-electron chi connectivity index (χ0n) is 37.8. The van der Waals surface area contributed by atoms with Gasteiger partial charge in [0.2, 0.25) is 11.8 Å². The molecule has 4 unspecified atom stereocenters. The van der Waals surface area contributed by atoms with Gasteiger partial charge >= 0.3 is 6.09 Å². The van der Waals surface area contributed by atoms with Crippen LogP contribution >= 0.6 is 0 Å². The molecule has 0 saturated carbocycles. The fourth-order valence-corrected chi connectivity index (χ4v) is 8.72. The molecule has 0 bridgehead atoms. The number of hydrogen-bond donors (Lipinski definition) is 5. The van der Waals surface area contributed by atoms with Gasteiger partial charge in [0.05, 0.1) is 54.4 Å². The van der Waals surface area contributed by atoms with Crippen molar-refractivity contribution in [1.29, 1.82) is 0 Å². The van der Waals surface area contributed by atoms with Crippen LogP contribution in [0.2, 0.25) is 0 Å². The van der Waals surface area contributed by atoms with E-state index in [1.54, 1.807) is 18.1 Å². The van der Waals surface area contributed by atoms with Crippen molar-refractivity contribution in [2.45, 2.75) is 91.7 Å². The molecule has 0 radical (unpaired) electrons. The molecule has 3 amide bonds. The van der Waals surface area contributed by atoms with E-state index in [-0.39, 0.29) is 43.0 Å². The summed E-state index contributed by atoms with van der Waals surface area (Å²) in [5.41, 5.74) is 6.71. The molecular weight excluding hydrogens is 818 g/mol. The van der Waals surface area contributed by atoms with E-state index in [4.69, 9.17) is 13.9 Å². The number of nitrogens with one attached hydrogen (secondary N) is 5. The summed E-state index contributed by atoms with van der Waals surface area (Å²) in [6.07, 6.45) is 6.71. The van der Waals surface area contributed by atoms with Crippen LogP contribution in [-0.4, -0.2) is 88.8 Å². The van der Waals surface area contributed by atoms with Gasteiger partial charge in [-0.2, -0.15) is 0 Å². The summed E-state index contributed by atoms with van der Waals surface area (Å²) in [6, 6.07) is 10.7. The Bertz CT molecular complexity index is 2500. The van der Waals surface area contributed by atoms with E-state index in [1.807, 2.05) is 81.8 Å². The van der Waals surface area contributed by atoms with Crippen molar-refractivity contribution in [2.75, 3.05) is 33.3 Å². The molecular formula is C48H60FN9O6. The van der Waals surface area contributed by atoms with E-state index in [0.29, 0.717) is 58.5 Å². The van der Waals surface area contributed by atoms with Crippen molar-refractivity contribution in [3.8, 4) is 17.0 Å². The number of halogens is 1. The van der Waals surface area contributed by atoms with Crippen LogP contribution in [0.25, 0.3) is 33.6 Å². The molecule has 5 heterocycles. The lowest BCUT2D eigenvalue weighted by Gasteiger charge is -2.33. The van der Waals surface area contributed by atoms with Gasteiger partial charge in [-0.3, -0.25) is 14.2 Å². The Hall–Kier alpha value is -6.71. The third-order valence-corrected chi connectivity index (χ3v) is 11.9. The summed E-state index contributed by atoms with van der Waals surface area (Å²) in [4.78, 5) is 46.3. The molecule has 340 valence electrons. The molecule has 1 fully saturated rings. The molecule has 1 saturated heterocycles. The second-order valence-corrected chi connectivity index (χ2v) is 16.8. The van der Waals surface area contributed by atoms with Crippen molar-refractivity contribution >= 4 is 40.2 Å². The Balaban J connectivity index is 1.14. The van der Waals surface area contributed by atoms with Gasteiger partial charge in [0.1, 0.15) is 30.0 Å². The van der Waals surface area contributed by atoms with E-state index in [9.17, 15) is 14.4 Å². The fraction of sp³-hybridized carbons (Fsp3) is 0.417. The summed E-state index contributed by atoms with van der Waals surface area (Å²) in [7, 11) is 1.32. The number of rotatable bonds is 17. The lowest BCUT2D eigenvalue weighted by Crippen LogP contribution is -2.52. The van der Waals surface area contributed by atoms with Crippen LogP contribution in [0.1, 0.15) is 89.2 Å². The number of likely N-dealkylation sites (tertiary alicyclic amines) is 1. The molecule has 4 aromatic rings. The van der Waals surface area contributed by atoms with Gasteiger partial charge in [0, 0.05) is 53.8 Å². The molecule has 2 aromatic heterocycles. The number of carbonyl (C=O) groups is 3. The third-order valence-electron chi connectivity index (χ3n) is 11.9. The summed E-state index contributed by atoms with van der Waals surface area (Å²) < 4.78 is 35.9. The maximum Gasteiger partial charge on any atom is 0.407 e. The molecule has 5 N–H and O–H groups in total. The fourth-order valence-electron chi connectivity index (χ4n) is 8.72. The maximum atomic E-state index is 16.7. The van der Waals surface area contributed by atoms with E-state index in [2.05, 4.69) is 49.6 Å². The average molecular weight is 878 g/mol. The van der Waals surface area contributed by atoms with E-state index in [0.717, 1.165) is 53.7 Å². The molecule has 0 aliphatic carbocycles. The van der Waals surface area contributed by atoms with Gasteiger partial charge in [-0.15, -0.1) is 0 Å². The number of nitrogens with zero attached hydrogens (tertiary/aromatic N) is 4. The smallest absolute Gasteiger partial charge is 0.407 e. The standard InChI is InChI=1S/C48H60FN9O6/c1-10-17-56(46(60)43(27(4)5)55-41(59)12-3)25-28(6)52-35(11-2)31-15-16-37-33(19-31)21-39-42-34(49)20-32(22-40(42)64-47(58(37)39)45-53-29(7)26-63-45)36-24-50-44(54-36)38-14-13-18-57(38)30(8)23-51-48(61)62-9/h11,15-16,19-22,24,26-27,38,43-44,47,50,52,54H,6,8,10,12-14,17-18,23,25H2,1-5,7,9H3,(H,51,61)(H,55,59)/b35-11-. The Kier molecular flexibility index (Phi) is 13.7. The number of oxazole rings is 1. The number of aromatic nitrogens is 2. The number of aryl methyl sites for hydroxylation is 1. The number of methoxy groups -OCH3 is 1. The minimum atomic E-state index is -0.833. The number of alkyl carbamates (subject to hydrolysis) is 1. The highest BCUT2D eigenvalue weighted by Crippen LogP contribution is 2.46. The van der Waals surface area contributed by atoms with Gasteiger partial charge in [0.15, 0.2) is 0 Å². The molecule has 2 aromatic carbocycles. The average Bonchev–Trinajstić information content (AvgIpc) is 4.12. The van der Waals surface area contributed by atoms with Crippen LogP contribution in [0.4, 0.5) is 9.18 Å². The lowest BCUT2D eigenvalue weighted by molar-refractivity contribution is -0.137. The minimum absolute atomic E-state index is 0.0392. The minimum Gasteiger partial charge on any atom is -0.460 e. The van der Waals surface area contributed by atoms with Crippen molar-refractivity contribution in [3.05, 3.63) is 108 Å². The molecule has 16 heteroatoms. The molecule has 64 heavy (non-hydrogen) atoms. The van der Waals surface area contributed by atoms with E-state index < -0.39 is 24.2 Å². The molecule has 4 atom stereocenters. The first-order valence-corrected chi connectivity index (χ1v) is 22.0. The van der Waals surface area contributed by atoms with Crippen LogP contribution in [0.5, 0.6) is 5.75 Å². The topological polar surface area (TPSA) is 167 Å². The van der Waals surface area contributed by atoms with Crippen LogP contribution in [-0.2, 0) is 14.3 Å². The Morgan fingerprint density at radius 2 is 1.95 bits per heavy atom. The first-order chi connectivity index (χ1) is 30.7. The Morgan fingerprint density at radius 3 is 2.64 bits per heavy atom. The molecule has 0 spiro atoms. The highest BCUT2D eigenvalue weighted by Gasteiger charge is 2.37. The zero-order chi connectivity index (χ0) is 45.8. The second kappa shape index (κ2) is 19.4. The summed E-state index contributed by atoms with van der Waals surface area (Å²) in [6.45, 7) is 21.7.